The summed E-state index contributed by atoms with van der Waals surface area (Å²) in [6.07, 6.45) is 0.690. The van der Waals surface area contributed by atoms with Gasteiger partial charge in [-0.15, -0.1) is 0 Å². The van der Waals surface area contributed by atoms with Gasteiger partial charge in [-0.1, -0.05) is 0 Å². The standard InChI is InChI=1S/C12H20N2O6/c1-19-11(17)7-9(15)13-5-3-4-6-14-10(16)8-12(18)20-2/h3-8H2,1-2H3,(H,13,15)(H,14,16). The van der Waals surface area contributed by atoms with Gasteiger partial charge in [-0.2, -0.15) is 0 Å². The Hall–Kier alpha value is -2.12. The van der Waals surface area contributed by atoms with Crippen LogP contribution in [0.25, 0.3) is 0 Å². The number of hydrogen-bond donors (Lipinski definition) is 2. The van der Waals surface area contributed by atoms with Crippen LogP contribution in [0.2, 0.25) is 0 Å². The number of rotatable bonds is 9. The molecule has 20 heavy (non-hydrogen) atoms. The molecule has 0 saturated carbocycles. The first-order chi connectivity index (χ1) is 9.49. The van der Waals surface area contributed by atoms with Crippen LogP contribution in [0.15, 0.2) is 0 Å². The molecule has 0 atom stereocenters. The van der Waals surface area contributed by atoms with Gasteiger partial charge in [0.05, 0.1) is 14.2 Å². The molecule has 114 valence electrons. The maximum atomic E-state index is 11.2. The van der Waals surface area contributed by atoms with E-state index >= 15 is 0 Å². The van der Waals surface area contributed by atoms with Gasteiger partial charge in [0.25, 0.3) is 0 Å². The van der Waals surface area contributed by atoms with E-state index in [0.29, 0.717) is 25.9 Å². The van der Waals surface area contributed by atoms with Gasteiger partial charge in [-0.05, 0) is 12.8 Å². The molecule has 8 heteroatoms. The Morgan fingerprint density at radius 3 is 1.40 bits per heavy atom. The fraction of sp³-hybridized carbons (Fsp3) is 0.667. The average Bonchev–Trinajstić information content (AvgIpc) is 2.42. The number of carbonyl (C=O) groups excluding carboxylic acids is 4. The summed E-state index contributed by atoms with van der Waals surface area (Å²) < 4.78 is 8.70. The largest absolute Gasteiger partial charge is 0.469 e. The molecular formula is C12H20N2O6. The lowest BCUT2D eigenvalue weighted by atomic mass is 10.3. The molecule has 0 aliphatic rings. The smallest absolute Gasteiger partial charge is 0.315 e. The van der Waals surface area contributed by atoms with Crippen molar-refractivity contribution in [1.29, 1.82) is 0 Å². The van der Waals surface area contributed by atoms with Crippen molar-refractivity contribution in [2.75, 3.05) is 27.3 Å². The van der Waals surface area contributed by atoms with Crippen molar-refractivity contribution >= 4 is 23.8 Å². The van der Waals surface area contributed by atoms with Crippen LogP contribution in [0.5, 0.6) is 0 Å². The van der Waals surface area contributed by atoms with Crippen LogP contribution in [-0.4, -0.2) is 51.1 Å². The average molecular weight is 288 g/mol. The minimum atomic E-state index is -0.586. The Kier molecular flexibility index (Phi) is 9.63. The summed E-state index contributed by atoms with van der Waals surface area (Å²) >= 11 is 0. The zero-order chi connectivity index (χ0) is 15.4. The van der Waals surface area contributed by atoms with E-state index in [9.17, 15) is 19.2 Å². The van der Waals surface area contributed by atoms with Crippen molar-refractivity contribution in [2.24, 2.45) is 0 Å². The third-order valence-corrected chi connectivity index (χ3v) is 2.31. The predicted octanol–water partition coefficient (Wildman–Crippen LogP) is -0.875. The highest BCUT2D eigenvalue weighted by atomic mass is 16.5. The molecule has 0 bridgehead atoms. The first kappa shape index (κ1) is 17.9. The zero-order valence-corrected chi connectivity index (χ0v) is 11.7. The van der Waals surface area contributed by atoms with E-state index in [-0.39, 0.29) is 12.8 Å². The highest BCUT2D eigenvalue weighted by Gasteiger charge is 2.09. The molecule has 0 fully saturated rings. The second-order valence-corrected chi connectivity index (χ2v) is 3.91. The van der Waals surface area contributed by atoms with Crippen molar-refractivity contribution < 1.29 is 28.7 Å². The van der Waals surface area contributed by atoms with Crippen LogP contribution in [0, 0.1) is 0 Å². The molecule has 0 saturated heterocycles. The molecule has 2 N–H and O–H groups in total. The Morgan fingerprint density at radius 2 is 1.10 bits per heavy atom. The minimum Gasteiger partial charge on any atom is -0.469 e. The molecule has 0 aliphatic heterocycles. The third-order valence-electron chi connectivity index (χ3n) is 2.31. The number of esters is 2. The van der Waals surface area contributed by atoms with Gasteiger partial charge in [0.1, 0.15) is 12.8 Å². The molecule has 0 heterocycles. The maximum Gasteiger partial charge on any atom is 0.315 e. The Bertz CT molecular complexity index is 322. The van der Waals surface area contributed by atoms with E-state index in [1.54, 1.807) is 0 Å². The van der Waals surface area contributed by atoms with E-state index in [2.05, 4.69) is 20.1 Å². The molecular weight excluding hydrogens is 268 g/mol. The van der Waals surface area contributed by atoms with Crippen LogP contribution >= 0.6 is 0 Å². The highest BCUT2D eigenvalue weighted by Crippen LogP contribution is 1.89. The maximum absolute atomic E-state index is 11.2. The SMILES string of the molecule is COC(=O)CC(=O)NCCCCNC(=O)CC(=O)OC. The molecule has 0 unspecified atom stereocenters. The van der Waals surface area contributed by atoms with Gasteiger partial charge in [-0.25, -0.2) is 0 Å². The second-order valence-electron chi connectivity index (χ2n) is 3.91. The van der Waals surface area contributed by atoms with Crippen molar-refractivity contribution in [3.63, 3.8) is 0 Å². The Morgan fingerprint density at radius 1 is 0.750 bits per heavy atom. The third kappa shape index (κ3) is 9.86. The summed E-state index contributed by atoms with van der Waals surface area (Å²) in [6, 6.07) is 0. The number of unbranched alkanes of at least 4 members (excludes halogenated alkanes) is 1. The molecule has 0 aliphatic carbocycles. The number of hydrogen-bond acceptors (Lipinski definition) is 6. The first-order valence-electron chi connectivity index (χ1n) is 6.16. The van der Waals surface area contributed by atoms with E-state index in [4.69, 9.17) is 0 Å². The number of amides is 2. The molecule has 0 aromatic rings. The summed E-state index contributed by atoms with van der Waals surface area (Å²) in [4.78, 5) is 43.9. The number of carbonyl (C=O) groups is 4. The van der Waals surface area contributed by atoms with Crippen LogP contribution in [0.1, 0.15) is 25.7 Å². The summed E-state index contributed by atoms with van der Waals surface area (Å²) in [6.45, 7) is 0.811. The van der Waals surface area contributed by atoms with E-state index < -0.39 is 23.8 Å². The molecule has 8 nitrogen and oxygen atoms in total. The highest BCUT2D eigenvalue weighted by molar-refractivity contribution is 5.94. The van der Waals surface area contributed by atoms with Gasteiger partial charge in [0.15, 0.2) is 0 Å². The molecule has 0 aromatic carbocycles. The topological polar surface area (TPSA) is 111 Å². The minimum absolute atomic E-state index is 0.299. The van der Waals surface area contributed by atoms with E-state index in [1.807, 2.05) is 0 Å². The molecule has 0 rings (SSSR count). The summed E-state index contributed by atoms with van der Waals surface area (Å²) in [5.74, 6) is -1.96. The first-order valence-corrected chi connectivity index (χ1v) is 6.16. The fourth-order valence-electron chi connectivity index (χ4n) is 1.24. The Balaban J connectivity index is 3.49. The predicted molar refractivity (Wildman–Crippen MR) is 68.5 cm³/mol. The molecule has 0 radical (unpaired) electrons. The van der Waals surface area contributed by atoms with E-state index in [1.165, 1.54) is 14.2 Å². The van der Waals surface area contributed by atoms with Crippen LogP contribution in [0.3, 0.4) is 0 Å². The quantitative estimate of drug-likeness (QED) is 0.324. The van der Waals surface area contributed by atoms with Gasteiger partial charge >= 0.3 is 11.9 Å². The van der Waals surface area contributed by atoms with Crippen molar-refractivity contribution in [3.8, 4) is 0 Å². The fourth-order valence-corrected chi connectivity index (χ4v) is 1.24. The van der Waals surface area contributed by atoms with Crippen molar-refractivity contribution in [1.82, 2.24) is 10.6 Å². The Labute approximate surface area is 117 Å². The van der Waals surface area contributed by atoms with Crippen molar-refractivity contribution in [3.05, 3.63) is 0 Å². The van der Waals surface area contributed by atoms with Crippen molar-refractivity contribution in [2.45, 2.75) is 25.7 Å². The van der Waals surface area contributed by atoms with Gasteiger partial charge in [0, 0.05) is 13.1 Å². The molecule has 0 spiro atoms. The second kappa shape index (κ2) is 10.8. The summed E-state index contributed by atoms with van der Waals surface area (Å²) in [5, 5.41) is 5.10. The lowest BCUT2D eigenvalue weighted by molar-refractivity contribution is -0.145. The van der Waals surface area contributed by atoms with Crippen LogP contribution in [-0.2, 0) is 28.7 Å². The lowest BCUT2D eigenvalue weighted by Gasteiger charge is -2.06. The van der Waals surface area contributed by atoms with Crippen LogP contribution < -0.4 is 10.6 Å². The molecule has 2 amide bonds. The lowest BCUT2D eigenvalue weighted by Crippen LogP contribution is -2.29. The van der Waals surface area contributed by atoms with Crippen LogP contribution in [0.4, 0.5) is 0 Å². The van der Waals surface area contributed by atoms with Gasteiger partial charge < -0.3 is 20.1 Å². The normalized spacial score (nSPS) is 9.50. The zero-order valence-electron chi connectivity index (χ0n) is 11.7. The van der Waals surface area contributed by atoms with Gasteiger partial charge in [0.2, 0.25) is 11.8 Å². The summed E-state index contributed by atoms with van der Waals surface area (Å²) in [5.41, 5.74) is 0. The number of ether oxygens (including phenoxy) is 2. The van der Waals surface area contributed by atoms with E-state index in [0.717, 1.165) is 0 Å². The number of methoxy groups -OCH3 is 2. The monoisotopic (exact) mass is 288 g/mol. The van der Waals surface area contributed by atoms with Gasteiger partial charge in [-0.3, -0.25) is 19.2 Å². The molecule has 0 aromatic heterocycles. The summed E-state index contributed by atoms with van der Waals surface area (Å²) in [7, 11) is 2.43. The number of nitrogens with one attached hydrogen (secondary N) is 2.